The van der Waals surface area contributed by atoms with Gasteiger partial charge in [0.25, 0.3) is 6.47 Å². The van der Waals surface area contributed by atoms with Crippen LogP contribution in [0.3, 0.4) is 0 Å². The summed E-state index contributed by atoms with van der Waals surface area (Å²) in [6.07, 6.45) is 0. The highest BCUT2D eigenvalue weighted by atomic mass is 16.5. The van der Waals surface area contributed by atoms with E-state index in [0.717, 1.165) is 0 Å². The Hall–Kier alpha value is -1.75. The van der Waals surface area contributed by atoms with Crippen LogP contribution >= 0.6 is 0 Å². The van der Waals surface area contributed by atoms with E-state index < -0.39 is 0 Å². The average molecular weight is 227 g/mol. The van der Waals surface area contributed by atoms with E-state index in [1.54, 1.807) is 14.2 Å². The Labute approximate surface area is 95.4 Å². The maximum atomic E-state index is 9.92. The van der Waals surface area contributed by atoms with Gasteiger partial charge in [-0.15, -0.1) is 4.91 Å². The summed E-state index contributed by atoms with van der Waals surface area (Å²) in [6, 6.07) is 5.91. The van der Waals surface area contributed by atoms with Crippen molar-refractivity contribution in [3.05, 3.63) is 29.2 Å². The molecule has 0 aliphatic carbocycles. The molecule has 16 heavy (non-hydrogen) atoms. The summed E-state index contributed by atoms with van der Waals surface area (Å²) in [5.41, 5.74) is 0.309. The molecule has 0 bridgehead atoms. The third-order valence-electron chi connectivity index (χ3n) is 1.13. The van der Waals surface area contributed by atoms with E-state index in [9.17, 15) is 9.70 Å². The fourth-order valence-electron chi connectivity index (χ4n) is 0.641. The van der Waals surface area contributed by atoms with Gasteiger partial charge in [0.15, 0.2) is 0 Å². The SMILES string of the molecule is CC.COC.O=COc1ccc(N=O)cc1. The number of methoxy groups -OCH3 is 1. The van der Waals surface area contributed by atoms with Gasteiger partial charge in [0, 0.05) is 14.2 Å². The standard InChI is InChI=1S/C7H5NO3.C2H6O.C2H6/c9-5-11-7-3-1-6(8-10)2-4-7;1-3-2;1-2/h1-5H;1-2H3;1-2H3. The van der Waals surface area contributed by atoms with Crippen molar-refractivity contribution in [3.63, 3.8) is 0 Å². The van der Waals surface area contributed by atoms with Crippen molar-refractivity contribution in [3.8, 4) is 5.75 Å². The highest BCUT2D eigenvalue weighted by molar-refractivity contribution is 5.48. The van der Waals surface area contributed by atoms with Gasteiger partial charge in [0.1, 0.15) is 11.4 Å². The summed E-state index contributed by atoms with van der Waals surface area (Å²) < 4.78 is 8.73. The minimum atomic E-state index is 0.309. The van der Waals surface area contributed by atoms with Gasteiger partial charge in [0.2, 0.25) is 0 Å². The second kappa shape index (κ2) is 13.2. The Bertz CT molecular complexity index is 272. The number of carbonyl (C=O) groups excluding carboxylic acids is 1. The van der Waals surface area contributed by atoms with Crippen molar-refractivity contribution in [2.45, 2.75) is 13.8 Å². The van der Waals surface area contributed by atoms with Gasteiger partial charge in [-0.2, -0.15) is 0 Å². The zero-order valence-electron chi connectivity index (χ0n) is 9.97. The largest absolute Gasteiger partial charge is 0.429 e. The second-order valence-electron chi connectivity index (χ2n) is 2.21. The molecule has 0 amide bonds. The summed E-state index contributed by atoms with van der Waals surface area (Å²) in [5, 5.41) is 2.68. The Morgan fingerprint density at radius 3 is 1.88 bits per heavy atom. The lowest BCUT2D eigenvalue weighted by Gasteiger charge is -1.94. The molecule has 0 spiro atoms. The van der Waals surface area contributed by atoms with Crippen molar-refractivity contribution >= 4 is 12.2 Å². The third-order valence-corrected chi connectivity index (χ3v) is 1.13. The van der Waals surface area contributed by atoms with Gasteiger partial charge in [-0.1, -0.05) is 13.8 Å². The van der Waals surface area contributed by atoms with Crippen molar-refractivity contribution in [1.82, 2.24) is 0 Å². The normalized spacial score (nSPS) is 7.50. The van der Waals surface area contributed by atoms with E-state index in [4.69, 9.17) is 0 Å². The number of nitrogens with zero attached hydrogens (tertiary/aromatic N) is 1. The molecule has 1 rings (SSSR count). The van der Waals surface area contributed by atoms with Gasteiger partial charge < -0.3 is 9.47 Å². The fraction of sp³-hybridized carbons (Fsp3) is 0.364. The Kier molecular flexibility index (Phi) is 13.8. The molecule has 1 aromatic rings. The predicted molar refractivity (Wildman–Crippen MR) is 62.9 cm³/mol. The van der Waals surface area contributed by atoms with Gasteiger partial charge in [-0.05, 0) is 29.4 Å². The summed E-state index contributed by atoms with van der Waals surface area (Å²) in [7, 11) is 3.25. The van der Waals surface area contributed by atoms with Crippen LogP contribution in [0.1, 0.15) is 13.8 Å². The number of rotatable bonds is 3. The second-order valence-corrected chi connectivity index (χ2v) is 2.21. The lowest BCUT2D eigenvalue weighted by Crippen LogP contribution is -1.86. The van der Waals surface area contributed by atoms with Crippen LogP contribution in [0, 0.1) is 4.91 Å². The highest BCUT2D eigenvalue weighted by Crippen LogP contribution is 2.16. The molecule has 0 saturated heterocycles. The molecular weight excluding hydrogens is 210 g/mol. The first kappa shape index (κ1) is 16.7. The van der Waals surface area contributed by atoms with Crippen LogP contribution < -0.4 is 4.74 Å². The molecule has 0 N–H and O–H groups in total. The summed E-state index contributed by atoms with van der Waals surface area (Å²) in [5.74, 6) is 0.396. The monoisotopic (exact) mass is 227 g/mol. The molecule has 5 nitrogen and oxygen atoms in total. The van der Waals surface area contributed by atoms with E-state index in [2.05, 4.69) is 14.7 Å². The molecule has 5 heteroatoms. The smallest absolute Gasteiger partial charge is 0.298 e. The van der Waals surface area contributed by atoms with E-state index in [1.165, 1.54) is 24.3 Å². The van der Waals surface area contributed by atoms with Crippen LogP contribution in [-0.4, -0.2) is 20.7 Å². The van der Waals surface area contributed by atoms with E-state index in [1.807, 2.05) is 13.8 Å². The third kappa shape index (κ3) is 8.83. The average Bonchev–Trinajstić information content (AvgIpc) is 2.34. The van der Waals surface area contributed by atoms with Crippen LogP contribution in [0.2, 0.25) is 0 Å². The number of hydrogen-bond donors (Lipinski definition) is 0. The van der Waals surface area contributed by atoms with Crippen LogP contribution in [0.25, 0.3) is 0 Å². The predicted octanol–water partition coefficient (Wildman–Crippen LogP) is 2.91. The minimum absolute atomic E-state index is 0.309. The summed E-state index contributed by atoms with van der Waals surface area (Å²) in [6.45, 7) is 4.32. The van der Waals surface area contributed by atoms with Gasteiger partial charge in [-0.3, -0.25) is 4.79 Å². The van der Waals surface area contributed by atoms with Crippen LogP contribution in [-0.2, 0) is 9.53 Å². The molecule has 90 valence electrons. The number of carbonyl (C=O) groups is 1. The summed E-state index contributed by atoms with van der Waals surface area (Å²) >= 11 is 0. The van der Waals surface area contributed by atoms with Crippen molar-refractivity contribution < 1.29 is 14.3 Å². The Balaban J connectivity index is 0. The van der Waals surface area contributed by atoms with Gasteiger partial charge in [-0.25, -0.2) is 0 Å². The molecule has 0 saturated carbocycles. The van der Waals surface area contributed by atoms with Crippen LogP contribution in [0.4, 0.5) is 5.69 Å². The zero-order chi connectivity index (χ0) is 12.8. The first-order valence-electron chi connectivity index (χ1n) is 4.72. The zero-order valence-corrected chi connectivity index (χ0v) is 9.97. The Morgan fingerprint density at radius 1 is 1.12 bits per heavy atom. The van der Waals surface area contributed by atoms with Gasteiger partial charge >= 0.3 is 0 Å². The summed E-state index contributed by atoms with van der Waals surface area (Å²) in [4.78, 5) is 19.7. The Morgan fingerprint density at radius 2 is 1.56 bits per heavy atom. The van der Waals surface area contributed by atoms with E-state index in [0.29, 0.717) is 17.9 Å². The van der Waals surface area contributed by atoms with Crippen molar-refractivity contribution in [2.75, 3.05) is 14.2 Å². The van der Waals surface area contributed by atoms with E-state index in [-0.39, 0.29) is 0 Å². The number of ether oxygens (including phenoxy) is 2. The van der Waals surface area contributed by atoms with Crippen LogP contribution in [0.5, 0.6) is 5.75 Å². The molecule has 0 aromatic heterocycles. The molecule has 0 fully saturated rings. The molecule has 0 aliphatic rings. The number of hydrogen-bond acceptors (Lipinski definition) is 5. The molecule has 0 aliphatic heterocycles. The van der Waals surface area contributed by atoms with Crippen LogP contribution in [0.15, 0.2) is 29.4 Å². The molecule has 0 unspecified atom stereocenters. The number of nitroso groups, excluding NO2 is 1. The maximum absolute atomic E-state index is 9.92. The first-order chi connectivity index (χ1) is 7.78. The topological polar surface area (TPSA) is 65.0 Å². The van der Waals surface area contributed by atoms with E-state index >= 15 is 0 Å². The highest BCUT2D eigenvalue weighted by Gasteiger charge is 1.92. The molecule has 1 aromatic carbocycles. The molecule has 0 atom stereocenters. The number of benzene rings is 1. The first-order valence-corrected chi connectivity index (χ1v) is 4.72. The molecular formula is C11H17NO4. The van der Waals surface area contributed by atoms with Crippen molar-refractivity contribution in [2.24, 2.45) is 5.18 Å². The van der Waals surface area contributed by atoms with Gasteiger partial charge in [0.05, 0.1) is 0 Å². The molecule has 0 heterocycles. The lowest BCUT2D eigenvalue weighted by atomic mass is 10.3. The van der Waals surface area contributed by atoms with Crippen molar-refractivity contribution in [1.29, 1.82) is 0 Å². The quantitative estimate of drug-likeness (QED) is 0.588. The minimum Gasteiger partial charge on any atom is -0.429 e. The molecule has 0 radical (unpaired) electrons. The fourth-order valence-corrected chi connectivity index (χ4v) is 0.641. The lowest BCUT2D eigenvalue weighted by molar-refractivity contribution is -0.120. The maximum Gasteiger partial charge on any atom is 0.298 e.